The van der Waals surface area contributed by atoms with Crippen LogP contribution in [0.25, 0.3) is 0 Å². The van der Waals surface area contributed by atoms with Crippen molar-refractivity contribution >= 4 is 5.97 Å². The number of carboxylic acid groups (broad SMARTS) is 1. The van der Waals surface area contributed by atoms with Crippen LogP contribution in [0.3, 0.4) is 0 Å². The number of carboxylic acids is 1. The SMILES string of the molecule is CCNC(C)(CC(C)N1CCN2CCCC2C1)C(=O)O. The van der Waals surface area contributed by atoms with Gasteiger partial charge in [-0.05, 0) is 46.2 Å². The molecule has 116 valence electrons. The number of likely N-dealkylation sites (N-methyl/N-ethyl adjacent to an activating group) is 1. The number of piperazine rings is 1. The first kappa shape index (κ1) is 15.7. The molecule has 2 aliphatic heterocycles. The van der Waals surface area contributed by atoms with Crippen LogP contribution in [0.2, 0.25) is 0 Å². The first-order chi connectivity index (χ1) is 9.46. The highest BCUT2D eigenvalue weighted by atomic mass is 16.4. The van der Waals surface area contributed by atoms with Crippen LogP contribution in [-0.4, -0.2) is 71.2 Å². The minimum atomic E-state index is -0.818. The smallest absolute Gasteiger partial charge is 0.323 e. The Bertz CT molecular complexity index is 350. The molecule has 2 N–H and O–H groups in total. The van der Waals surface area contributed by atoms with Crippen molar-refractivity contribution in [1.82, 2.24) is 15.1 Å². The van der Waals surface area contributed by atoms with Crippen molar-refractivity contribution in [3.63, 3.8) is 0 Å². The van der Waals surface area contributed by atoms with Crippen molar-refractivity contribution < 1.29 is 9.90 Å². The number of hydrogen-bond donors (Lipinski definition) is 2. The molecule has 0 spiro atoms. The van der Waals surface area contributed by atoms with E-state index in [0.29, 0.717) is 25.0 Å². The van der Waals surface area contributed by atoms with Crippen LogP contribution in [0.1, 0.15) is 40.0 Å². The average Bonchev–Trinajstić information content (AvgIpc) is 2.85. The largest absolute Gasteiger partial charge is 0.480 e. The molecule has 3 atom stereocenters. The number of nitrogens with zero attached hydrogens (tertiary/aromatic N) is 2. The van der Waals surface area contributed by atoms with Crippen LogP contribution >= 0.6 is 0 Å². The lowest BCUT2D eigenvalue weighted by molar-refractivity contribution is -0.145. The van der Waals surface area contributed by atoms with Gasteiger partial charge >= 0.3 is 5.97 Å². The van der Waals surface area contributed by atoms with Gasteiger partial charge in [-0.2, -0.15) is 0 Å². The highest BCUT2D eigenvalue weighted by Gasteiger charge is 2.38. The predicted octanol–water partition coefficient (Wildman–Crippen LogP) is 0.998. The summed E-state index contributed by atoms with van der Waals surface area (Å²) >= 11 is 0. The van der Waals surface area contributed by atoms with Crippen LogP contribution in [0.5, 0.6) is 0 Å². The maximum Gasteiger partial charge on any atom is 0.323 e. The van der Waals surface area contributed by atoms with Gasteiger partial charge in [-0.3, -0.25) is 14.6 Å². The quantitative estimate of drug-likeness (QED) is 0.761. The van der Waals surface area contributed by atoms with E-state index in [4.69, 9.17) is 0 Å². The molecule has 20 heavy (non-hydrogen) atoms. The fourth-order valence-corrected chi connectivity index (χ4v) is 3.76. The van der Waals surface area contributed by atoms with Gasteiger partial charge in [0.2, 0.25) is 0 Å². The molecule has 3 unspecified atom stereocenters. The molecule has 0 aromatic carbocycles. The predicted molar refractivity (Wildman–Crippen MR) is 80.0 cm³/mol. The summed E-state index contributed by atoms with van der Waals surface area (Å²) in [6, 6.07) is 0.999. The zero-order valence-electron chi connectivity index (χ0n) is 13.1. The highest BCUT2D eigenvalue weighted by Crippen LogP contribution is 2.25. The summed E-state index contributed by atoms with van der Waals surface area (Å²) < 4.78 is 0. The lowest BCUT2D eigenvalue weighted by Crippen LogP contribution is -2.57. The number of hydrogen-bond acceptors (Lipinski definition) is 4. The third kappa shape index (κ3) is 3.32. The second-order valence-corrected chi connectivity index (χ2v) is 6.55. The highest BCUT2D eigenvalue weighted by molar-refractivity contribution is 5.78. The van der Waals surface area contributed by atoms with Gasteiger partial charge in [-0.1, -0.05) is 6.92 Å². The van der Waals surface area contributed by atoms with E-state index in [-0.39, 0.29) is 0 Å². The summed E-state index contributed by atoms with van der Waals surface area (Å²) in [5.74, 6) is -0.745. The Hall–Kier alpha value is -0.650. The lowest BCUT2D eigenvalue weighted by Gasteiger charge is -2.42. The third-order valence-electron chi connectivity index (χ3n) is 4.98. The molecule has 2 rings (SSSR count). The summed E-state index contributed by atoms with van der Waals surface area (Å²) in [7, 11) is 0. The summed E-state index contributed by atoms with van der Waals surface area (Å²) in [6.45, 7) is 11.2. The Morgan fingerprint density at radius 3 is 2.85 bits per heavy atom. The molecule has 0 radical (unpaired) electrons. The molecule has 0 saturated carbocycles. The Morgan fingerprint density at radius 1 is 1.45 bits per heavy atom. The maximum absolute atomic E-state index is 11.5. The summed E-state index contributed by atoms with van der Waals surface area (Å²) in [5, 5.41) is 12.6. The van der Waals surface area contributed by atoms with Gasteiger partial charge in [0, 0.05) is 31.7 Å². The monoisotopic (exact) mass is 283 g/mol. The Kier molecular flexibility index (Phi) is 5.04. The molecule has 2 fully saturated rings. The van der Waals surface area contributed by atoms with Gasteiger partial charge in [0.1, 0.15) is 5.54 Å². The van der Waals surface area contributed by atoms with E-state index in [1.165, 1.54) is 19.4 Å². The van der Waals surface area contributed by atoms with Crippen LogP contribution in [-0.2, 0) is 4.79 Å². The molecule has 0 aliphatic carbocycles. The third-order valence-corrected chi connectivity index (χ3v) is 4.98. The number of nitrogens with one attached hydrogen (secondary N) is 1. The second-order valence-electron chi connectivity index (χ2n) is 6.55. The summed E-state index contributed by atoms with van der Waals surface area (Å²) in [6.07, 6.45) is 3.27. The molecule has 2 heterocycles. The van der Waals surface area contributed by atoms with Crippen LogP contribution in [0.4, 0.5) is 0 Å². The molecule has 5 nitrogen and oxygen atoms in total. The molecule has 0 aromatic heterocycles. The van der Waals surface area contributed by atoms with E-state index in [9.17, 15) is 9.90 Å². The average molecular weight is 283 g/mol. The number of fused-ring (bicyclic) bond motifs is 1. The van der Waals surface area contributed by atoms with Crippen molar-refractivity contribution in [2.75, 3.05) is 32.7 Å². The molecule has 5 heteroatoms. The normalized spacial score (nSPS) is 28.9. The number of carbonyl (C=O) groups is 1. The maximum atomic E-state index is 11.5. The Morgan fingerprint density at radius 2 is 2.20 bits per heavy atom. The van der Waals surface area contributed by atoms with Crippen LogP contribution in [0.15, 0.2) is 0 Å². The Labute approximate surface area is 122 Å². The minimum Gasteiger partial charge on any atom is -0.480 e. The van der Waals surface area contributed by atoms with E-state index in [1.807, 2.05) is 6.92 Å². The van der Waals surface area contributed by atoms with Crippen molar-refractivity contribution in [1.29, 1.82) is 0 Å². The van der Waals surface area contributed by atoms with E-state index in [2.05, 4.69) is 22.0 Å². The lowest BCUT2D eigenvalue weighted by atomic mass is 9.92. The van der Waals surface area contributed by atoms with Gasteiger partial charge in [-0.15, -0.1) is 0 Å². The number of aliphatic carboxylic acids is 1. The molecular formula is C15H29N3O2. The van der Waals surface area contributed by atoms with E-state index in [1.54, 1.807) is 6.92 Å². The van der Waals surface area contributed by atoms with Crippen molar-refractivity contribution in [3.8, 4) is 0 Å². The standard InChI is InChI=1S/C15H29N3O2/c1-4-16-15(3,14(19)20)10-12(2)18-9-8-17-7-5-6-13(17)11-18/h12-13,16H,4-11H2,1-3H3,(H,19,20). The van der Waals surface area contributed by atoms with Crippen molar-refractivity contribution in [2.45, 2.75) is 57.7 Å². The fraction of sp³-hybridized carbons (Fsp3) is 0.933. The van der Waals surface area contributed by atoms with Crippen LogP contribution in [0, 0.1) is 0 Å². The zero-order chi connectivity index (χ0) is 14.8. The molecule has 2 aliphatic rings. The summed E-state index contributed by atoms with van der Waals surface area (Å²) in [5.41, 5.74) is -0.818. The number of rotatable bonds is 6. The van der Waals surface area contributed by atoms with Gasteiger partial charge < -0.3 is 10.4 Å². The van der Waals surface area contributed by atoms with Gasteiger partial charge in [-0.25, -0.2) is 0 Å². The van der Waals surface area contributed by atoms with E-state index < -0.39 is 11.5 Å². The van der Waals surface area contributed by atoms with Crippen molar-refractivity contribution in [2.24, 2.45) is 0 Å². The van der Waals surface area contributed by atoms with Crippen LogP contribution < -0.4 is 5.32 Å². The second kappa shape index (κ2) is 6.41. The van der Waals surface area contributed by atoms with E-state index in [0.717, 1.165) is 19.6 Å². The Balaban J connectivity index is 1.93. The molecular weight excluding hydrogens is 254 g/mol. The minimum absolute atomic E-state index is 0.304. The first-order valence-electron chi connectivity index (χ1n) is 7.93. The molecule has 0 bridgehead atoms. The van der Waals surface area contributed by atoms with E-state index >= 15 is 0 Å². The topological polar surface area (TPSA) is 55.8 Å². The molecule has 0 amide bonds. The molecule has 0 aromatic rings. The van der Waals surface area contributed by atoms with Gasteiger partial charge in [0.15, 0.2) is 0 Å². The van der Waals surface area contributed by atoms with Crippen molar-refractivity contribution in [3.05, 3.63) is 0 Å². The van der Waals surface area contributed by atoms with Gasteiger partial charge in [0.25, 0.3) is 0 Å². The zero-order valence-corrected chi connectivity index (χ0v) is 13.1. The molecule has 2 saturated heterocycles. The summed E-state index contributed by atoms with van der Waals surface area (Å²) in [4.78, 5) is 16.6. The fourth-order valence-electron chi connectivity index (χ4n) is 3.76. The van der Waals surface area contributed by atoms with Gasteiger partial charge in [0.05, 0.1) is 0 Å². The first-order valence-corrected chi connectivity index (χ1v) is 7.93.